The molecule has 1 rings (SSSR count). The Labute approximate surface area is 97.3 Å². The predicted octanol–water partition coefficient (Wildman–Crippen LogP) is 2.37. The molecule has 0 amide bonds. The lowest BCUT2D eigenvalue weighted by atomic mass is 10.1. The van der Waals surface area contributed by atoms with Gasteiger partial charge >= 0.3 is 0 Å². The van der Waals surface area contributed by atoms with Crippen molar-refractivity contribution in [3.05, 3.63) is 17.0 Å². The van der Waals surface area contributed by atoms with E-state index in [1.807, 2.05) is 20.8 Å². The molecule has 1 N–H and O–H groups in total. The van der Waals surface area contributed by atoms with E-state index < -0.39 is 0 Å². The van der Waals surface area contributed by atoms with Gasteiger partial charge in [0, 0.05) is 24.3 Å². The van der Waals surface area contributed by atoms with Crippen LogP contribution >= 0.6 is 0 Å². The van der Waals surface area contributed by atoms with Crippen molar-refractivity contribution in [2.45, 2.75) is 46.7 Å². The summed E-state index contributed by atoms with van der Waals surface area (Å²) in [6.45, 7) is 11.6. The zero-order chi connectivity index (χ0) is 12.1. The zero-order valence-electron chi connectivity index (χ0n) is 10.8. The summed E-state index contributed by atoms with van der Waals surface area (Å²) in [4.78, 5) is 0. The number of nitrogens with one attached hydrogen (secondary N) is 1. The van der Waals surface area contributed by atoms with Gasteiger partial charge < -0.3 is 14.6 Å². The second-order valence-electron chi connectivity index (χ2n) is 4.19. The summed E-state index contributed by atoms with van der Waals surface area (Å²) < 4.78 is 10.5. The highest BCUT2D eigenvalue weighted by Gasteiger charge is 2.17. The minimum atomic E-state index is 0.238. The number of ether oxygens (including phenoxy) is 1. The van der Waals surface area contributed by atoms with Crippen LogP contribution in [0, 0.1) is 13.8 Å². The zero-order valence-corrected chi connectivity index (χ0v) is 10.8. The molecule has 4 heteroatoms. The van der Waals surface area contributed by atoms with Gasteiger partial charge in [0.25, 0.3) is 0 Å². The standard InChI is InChI=1S/C12H22N2O2/c1-6-15-7-8(2)13-9(3)12-10(4)14-16-11(12)5/h8-9,13H,6-7H2,1-5H3. The highest BCUT2D eigenvalue weighted by atomic mass is 16.5. The molecule has 0 bridgehead atoms. The van der Waals surface area contributed by atoms with E-state index >= 15 is 0 Å². The lowest BCUT2D eigenvalue weighted by molar-refractivity contribution is 0.124. The Hall–Kier alpha value is -0.870. The van der Waals surface area contributed by atoms with Gasteiger partial charge in [-0.15, -0.1) is 0 Å². The molecule has 1 heterocycles. The third-order valence-electron chi connectivity index (χ3n) is 2.63. The van der Waals surface area contributed by atoms with Gasteiger partial charge in [-0.05, 0) is 34.6 Å². The molecule has 0 saturated heterocycles. The number of hydrogen-bond donors (Lipinski definition) is 1. The van der Waals surface area contributed by atoms with E-state index in [0.29, 0.717) is 6.04 Å². The minimum Gasteiger partial charge on any atom is -0.380 e. The number of rotatable bonds is 6. The van der Waals surface area contributed by atoms with Gasteiger partial charge in [-0.1, -0.05) is 5.16 Å². The maximum absolute atomic E-state index is 5.37. The van der Waals surface area contributed by atoms with Gasteiger partial charge in [0.15, 0.2) is 0 Å². The molecule has 0 radical (unpaired) electrons. The molecule has 0 fully saturated rings. The van der Waals surface area contributed by atoms with E-state index in [0.717, 1.165) is 30.2 Å². The molecule has 0 aliphatic heterocycles. The monoisotopic (exact) mass is 226 g/mol. The van der Waals surface area contributed by atoms with E-state index in [-0.39, 0.29) is 6.04 Å². The topological polar surface area (TPSA) is 47.3 Å². The number of hydrogen-bond acceptors (Lipinski definition) is 4. The third kappa shape index (κ3) is 3.32. The van der Waals surface area contributed by atoms with Crippen molar-refractivity contribution in [1.82, 2.24) is 10.5 Å². The van der Waals surface area contributed by atoms with E-state index in [1.165, 1.54) is 0 Å². The fourth-order valence-electron chi connectivity index (χ4n) is 1.96. The van der Waals surface area contributed by atoms with Crippen molar-refractivity contribution in [3.8, 4) is 0 Å². The van der Waals surface area contributed by atoms with E-state index in [9.17, 15) is 0 Å². The fourth-order valence-corrected chi connectivity index (χ4v) is 1.96. The van der Waals surface area contributed by atoms with Gasteiger partial charge in [-0.25, -0.2) is 0 Å². The van der Waals surface area contributed by atoms with Crippen LogP contribution in [0.1, 0.15) is 43.8 Å². The normalized spacial score (nSPS) is 15.1. The highest BCUT2D eigenvalue weighted by molar-refractivity contribution is 5.24. The summed E-state index contributed by atoms with van der Waals surface area (Å²) in [6.07, 6.45) is 0. The fraction of sp³-hybridized carbons (Fsp3) is 0.750. The molecule has 0 aromatic carbocycles. The van der Waals surface area contributed by atoms with Crippen molar-refractivity contribution < 1.29 is 9.26 Å². The number of nitrogens with zero attached hydrogens (tertiary/aromatic N) is 1. The Balaban J connectivity index is 2.55. The van der Waals surface area contributed by atoms with Gasteiger partial charge in [0.2, 0.25) is 0 Å². The maximum Gasteiger partial charge on any atom is 0.138 e. The van der Waals surface area contributed by atoms with Crippen LogP contribution in [0.25, 0.3) is 0 Å². The number of aryl methyl sites for hydroxylation is 2. The predicted molar refractivity (Wildman–Crippen MR) is 63.5 cm³/mol. The van der Waals surface area contributed by atoms with Crippen molar-refractivity contribution in [1.29, 1.82) is 0 Å². The van der Waals surface area contributed by atoms with Crippen LogP contribution in [0.4, 0.5) is 0 Å². The summed E-state index contributed by atoms with van der Waals surface area (Å²) in [5.41, 5.74) is 2.12. The lowest BCUT2D eigenvalue weighted by Crippen LogP contribution is -2.33. The molecule has 92 valence electrons. The minimum absolute atomic E-state index is 0.238. The molecule has 0 aliphatic carbocycles. The van der Waals surface area contributed by atoms with E-state index in [1.54, 1.807) is 0 Å². The van der Waals surface area contributed by atoms with Crippen molar-refractivity contribution in [2.75, 3.05) is 13.2 Å². The quantitative estimate of drug-likeness (QED) is 0.809. The van der Waals surface area contributed by atoms with Gasteiger partial charge in [-0.2, -0.15) is 0 Å². The van der Waals surface area contributed by atoms with Gasteiger partial charge in [0.1, 0.15) is 5.76 Å². The summed E-state index contributed by atoms with van der Waals surface area (Å²) in [7, 11) is 0. The molecule has 2 atom stereocenters. The Morgan fingerprint density at radius 1 is 1.38 bits per heavy atom. The molecule has 0 spiro atoms. The summed E-state index contributed by atoms with van der Waals surface area (Å²) in [5.74, 6) is 0.890. The average Bonchev–Trinajstić information content (AvgIpc) is 2.55. The van der Waals surface area contributed by atoms with E-state index in [4.69, 9.17) is 9.26 Å². The molecule has 1 aromatic rings. The molecule has 0 aliphatic rings. The van der Waals surface area contributed by atoms with Crippen molar-refractivity contribution in [2.24, 2.45) is 0 Å². The molecule has 2 unspecified atom stereocenters. The van der Waals surface area contributed by atoms with E-state index in [2.05, 4.69) is 24.3 Å². The van der Waals surface area contributed by atoms with Crippen LogP contribution in [0.2, 0.25) is 0 Å². The van der Waals surface area contributed by atoms with Crippen LogP contribution in [0.15, 0.2) is 4.52 Å². The molecule has 4 nitrogen and oxygen atoms in total. The van der Waals surface area contributed by atoms with Crippen LogP contribution in [0.5, 0.6) is 0 Å². The molecule has 1 aromatic heterocycles. The van der Waals surface area contributed by atoms with Gasteiger partial charge in [-0.3, -0.25) is 0 Å². The molecular formula is C12H22N2O2. The second-order valence-corrected chi connectivity index (χ2v) is 4.19. The third-order valence-corrected chi connectivity index (χ3v) is 2.63. The van der Waals surface area contributed by atoms with Gasteiger partial charge in [0.05, 0.1) is 12.3 Å². The lowest BCUT2D eigenvalue weighted by Gasteiger charge is -2.19. The van der Waals surface area contributed by atoms with Crippen LogP contribution in [0.3, 0.4) is 0 Å². The van der Waals surface area contributed by atoms with Crippen LogP contribution < -0.4 is 5.32 Å². The first-order valence-corrected chi connectivity index (χ1v) is 5.82. The van der Waals surface area contributed by atoms with Crippen molar-refractivity contribution in [3.63, 3.8) is 0 Å². The first kappa shape index (κ1) is 13.2. The summed E-state index contributed by atoms with van der Waals surface area (Å²) >= 11 is 0. The van der Waals surface area contributed by atoms with Crippen LogP contribution in [-0.2, 0) is 4.74 Å². The Kier molecular flexibility index (Phi) is 4.96. The maximum atomic E-state index is 5.37. The first-order chi connectivity index (χ1) is 7.56. The smallest absolute Gasteiger partial charge is 0.138 e. The SMILES string of the molecule is CCOCC(C)NC(C)c1c(C)noc1C. The summed E-state index contributed by atoms with van der Waals surface area (Å²) in [6, 6.07) is 0.561. The first-order valence-electron chi connectivity index (χ1n) is 5.82. The molecule has 16 heavy (non-hydrogen) atoms. The Bertz CT molecular complexity index is 303. The number of aromatic nitrogens is 1. The highest BCUT2D eigenvalue weighted by Crippen LogP contribution is 2.21. The molecular weight excluding hydrogens is 204 g/mol. The Morgan fingerprint density at radius 2 is 2.06 bits per heavy atom. The molecule has 0 saturated carbocycles. The summed E-state index contributed by atoms with van der Waals surface area (Å²) in [5, 5.41) is 7.43. The second kappa shape index (κ2) is 6.01. The van der Waals surface area contributed by atoms with Crippen LogP contribution in [-0.4, -0.2) is 24.4 Å². The largest absolute Gasteiger partial charge is 0.380 e. The average molecular weight is 226 g/mol. The van der Waals surface area contributed by atoms with Crippen molar-refractivity contribution >= 4 is 0 Å². The Morgan fingerprint density at radius 3 is 2.56 bits per heavy atom.